The van der Waals surface area contributed by atoms with Gasteiger partial charge in [-0.05, 0) is 25.2 Å². The SMILES string of the molecule is CC(C)COCCNC(=O)N1CCCCC1. The molecule has 4 heteroatoms. The predicted octanol–water partition coefficient (Wildman–Crippen LogP) is 1.85. The summed E-state index contributed by atoms with van der Waals surface area (Å²) in [6.07, 6.45) is 3.52. The minimum atomic E-state index is 0.0628. The second kappa shape index (κ2) is 7.49. The lowest BCUT2D eigenvalue weighted by Crippen LogP contribution is -2.43. The largest absolute Gasteiger partial charge is 0.379 e. The van der Waals surface area contributed by atoms with Crippen molar-refractivity contribution in [2.75, 3.05) is 32.8 Å². The lowest BCUT2D eigenvalue weighted by atomic mass is 10.1. The van der Waals surface area contributed by atoms with Crippen LogP contribution in [0.3, 0.4) is 0 Å². The van der Waals surface area contributed by atoms with E-state index in [1.165, 1.54) is 6.42 Å². The number of likely N-dealkylation sites (tertiary alicyclic amines) is 1. The standard InChI is InChI=1S/C12H24N2O2/c1-11(2)10-16-9-6-13-12(15)14-7-4-3-5-8-14/h11H,3-10H2,1-2H3,(H,13,15). The van der Waals surface area contributed by atoms with Crippen LogP contribution in [0.1, 0.15) is 33.1 Å². The van der Waals surface area contributed by atoms with E-state index < -0.39 is 0 Å². The summed E-state index contributed by atoms with van der Waals surface area (Å²) in [5.41, 5.74) is 0. The van der Waals surface area contributed by atoms with Crippen LogP contribution in [0.2, 0.25) is 0 Å². The van der Waals surface area contributed by atoms with E-state index in [2.05, 4.69) is 19.2 Å². The third kappa shape index (κ3) is 5.35. The molecule has 0 radical (unpaired) electrons. The molecule has 0 aromatic heterocycles. The summed E-state index contributed by atoms with van der Waals surface area (Å²) in [6, 6.07) is 0.0628. The fourth-order valence-corrected chi connectivity index (χ4v) is 1.76. The number of rotatable bonds is 5. The van der Waals surface area contributed by atoms with Crippen molar-refractivity contribution in [3.05, 3.63) is 0 Å². The average molecular weight is 228 g/mol. The second-order valence-electron chi connectivity index (χ2n) is 4.75. The van der Waals surface area contributed by atoms with Gasteiger partial charge in [0.25, 0.3) is 0 Å². The maximum absolute atomic E-state index is 11.7. The van der Waals surface area contributed by atoms with E-state index in [4.69, 9.17) is 4.74 Å². The highest BCUT2D eigenvalue weighted by Gasteiger charge is 2.15. The molecular formula is C12H24N2O2. The zero-order valence-corrected chi connectivity index (χ0v) is 10.5. The molecule has 1 fully saturated rings. The maximum atomic E-state index is 11.7. The summed E-state index contributed by atoms with van der Waals surface area (Å²) < 4.78 is 5.40. The van der Waals surface area contributed by atoms with Crippen molar-refractivity contribution in [1.82, 2.24) is 10.2 Å². The van der Waals surface area contributed by atoms with E-state index in [0.29, 0.717) is 19.1 Å². The number of piperidine rings is 1. The minimum Gasteiger partial charge on any atom is -0.379 e. The molecule has 16 heavy (non-hydrogen) atoms. The Morgan fingerprint density at radius 2 is 2.00 bits per heavy atom. The third-order valence-electron chi connectivity index (χ3n) is 2.62. The Balaban J connectivity index is 2.01. The Kier molecular flexibility index (Phi) is 6.23. The number of amides is 2. The smallest absolute Gasteiger partial charge is 0.317 e. The van der Waals surface area contributed by atoms with Crippen molar-refractivity contribution in [2.45, 2.75) is 33.1 Å². The highest BCUT2D eigenvalue weighted by Crippen LogP contribution is 2.08. The van der Waals surface area contributed by atoms with Crippen molar-refractivity contribution in [3.8, 4) is 0 Å². The lowest BCUT2D eigenvalue weighted by Gasteiger charge is -2.26. The van der Waals surface area contributed by atoms with Crippen LogP contribution in [-0.4, -0.2) is 43.8 Å². The zero-order chi connectivity index (χ0) is 11.8. The van der Waals surface area contributed by atoms with Crippen LogP contribution in [-0.2, 0) is 4.74 Å². The monoisotopic (exact) mass is 228 g/mol. The summed E-state index contributed by atoms with van der Waals surface area (Å²) >= 11 is 0. The first-order chi connectivity index (χ1) is 7.70. The number of nitrogens with zero attached hydrogens (tertiary/aromatic N) is 1. The molecule has 0 unspecified atom stereocenters. The first kappa shape index (κ1) is 13.3. The fraction of sp³-hybridized carbons (Fsp3) is 0.917. The van der Waals surface area contributed by atoms with Crippen molar-refractivity contribution in [1.29, 1.82) is 0 Å². The van der Waals surface area contributed by atoms with Gasteiger partial charge in [-0.2, -0.15) is 0 Å². The average Bonchev–Trinajstić information content (AvgIpc) is 2.29. The molecule has 2 amide bonds. The molecule has 94 valence electrons. The number of ether oxygens (including phenoxy) is 1. The van der Waals surface area contributed by atoms with E-state index >= 15 is 0 Å². The minimum absolute atomic E-state index is 0.0628. The molecule has 0 saturated carbocycles. The van der Waals surface area contributed by atoms with E-state index in [-0.39, 0.29) is 6.03 Å². The quantitative estimate of drug-likeness (QED) is 0.730. The molecule has 0 atom stereocenters. The number of hydrogen-bond acceptors (Lipinski definition) is 2. The summed E-state index contributed by atoms with van der Waals surface area (Å²) in [7, 11) is 0. The molecule has 1 heterocycles. The molecule has 1 aliphatic heterocycles. The fourth-order valence-electron chi connectivity index (χ4n) is 1.76. The second-order valence-corrected chi connectivity index (χ2v) is 4.75. The Bertz CT molecular complexity index is 201. The van der Waals surface area contributed by atoms with E-state index in [0.717, 1.165) is 32.5 Å². The molecule has 4 nitrogen and oxygen atoms in total. The number of hydrogen-bond donors (Lipinski definition) is 1. The van der Waals surface area contributed by atoms with E-state index in [1.807, 2.05) is 4.90 Å². The van der Waals surface area contributed by atoms with Gasteiger partial charge in [0.1, 0.15) is 0 Å². The topological polar surface area (TPSA) is 41.6 Å². The first-order valence-electron chi connectivity index (χ1n) is 6.30. The van der Waals surface area contributed by atoms with E-state index in [1.54, 1.807) is 0 Å². The van der Waals surface area contributed by atoms with Gasteiger partial charge in [-0.1, -0.05) is 13.8 Å². The van der Waals surface area contributed by atoms with Gasteiger partial charge in [0, 0.05) is 26.2 Å². The highest BCUT2D eigenvalue weighted by molar-refractivity contribution is 5.74. The Hall–Kier alpha value is -0.770. The van der Waals surface area contributed by atoms with Gasteiger partial charge in [0.2, 0.25) is 0 Å². The molecule has 1 N–H and O–H groups in total. The van der Waals surface area contributed by atoms with Crippen LogP contribution in [0.15, 0.2) is 0 Å². The lowest BCUT2D eigenvalue weighted by molar-refractivity contribution is 0.110. The first-order valence-corrected chi connectivity index (χ1v) is 6.30. The van der Waals surface area contributed by atoms with Crippen LogP contribution >= 0.6 is 0 Å². The Morgan fingerprint density at radius 3 is 2.62 bits per heavy atom. The predicted molar refractivity (Wildman–Crippen MR) is 64.5 cm³/mol. The van der Waals surface area contributed by atoms with Gasteiger partial charge in [0.05, 0.1) is 6.61 Å². The Morgan fingerprint density at radius 1 is 1.31 bits per heavy atom. The molecule has 1 rings (SSSR count). The maximum Gasteiger partial charge on any atom is 0.317 e. The molecule has 0 aromatic rings. The van der Waals surface area contributed by atoms with Crippen LogP contribution in [0.4, 0.5) is 4.79 Å². The van der Waals surface area contributed by atoms with Gasteiger partial charge in [-0.25, -0.2) is 4.79 Å². The summed E-state index contributed by atoms with van der Waals surface area (Å²) in [5, 5.41) is 2.89. The zero-order valence-electron chi connectivity index (χ0n) is 10.5. The van der Waals surface area contributed by atoms with Crippen molar-refractivity contribution in [2.24, 2.45) is 5.92 Å². The highest BCUT2D eigenvalue weighted by atomic mass is 16.5. The van der Waals surface area contributed by atoms with Gasteiger partial charge in [0.15, 0.2) is 0 Å². The molecule has 1 aliphatic rings. The summed E-state index contributed by atoms with van der Waals surface area (Å²) in [4.78, 5) is 13.5. The number of nitrogens with one attached hydrogen (secondary N) is 1. The number of carbonyl (C=O) groups is 1. The normalized spacial score (nSPS) is 16.6. The van der Waals surface area contributed by atoms with Gasteiger partial charge in [-0.3, -0.25) is 0 Å². The van der Waals surface area contributed by atoms with Crippen molar-refractivity contribution < 1.29 is 9.53 Å². The van der Waals surface area contributed by atoms with Crippen molar-refractivity contribution >= 4 is 6.03 Å². The molecule has 0 aromatic carbocycles. The van der Waals surface area contributed by atoms with Crippen LogP contribution < -0.4 is 5.32 Å². The summed E-state index contributed by atoms with van der Waals surface area (Å²) in [5.74, 6) is 0.554. The van der Waals surface area contributed by atoms with Crippen molar-refractivity contribution in [3.63, 3.8) is 0 Å². The molecule has 0 spiro atoms. The van der Waals surface area contributed by atoms with Crippen LogP contribution in [0.25, 0.3) is 0 Å². The number of carbonyl (C=O) groups excluding carboxylic acids is 1. The molecule has 0 bridgehead atoms. The third-order valence-corrected chi connectivity index (χ3v) is 2.62. The van der Waals surface area contributed by atoms with Gasteiger partial charge >= 0.3 is 6.03 Å². The molecular weight excluding hydrogens is 204 g/mol. The molecule has 1 saturated heterocycles. The van der Waals surface area contributed by atoms with Gasteiger partial charge < -0.3 is 15.0 Å². The Labute approximate surface area is 98.3 Å². The number of urea groups is 1. The van der Waals surface area contributed by atoms with Crippen LogP contribution in [0.5, 0.6) is 0 Å². The van der Waals surface area contributed by atoms with E-state index in [9.17, 15) is 4.79 Å². The molecule has 0 aliphatic carbocycles. The van der Waals surface area contributed by atoms with Gasteiger partial charge in [-0.15, -0.1) is 0 Å². The van der Waals surface area contributed by atoms with Crippen LogP contribution in [0, 0.1) is 5.92 Å². The summed E-state index contributed by atoms with van der Waals surface area (Å²) in [6.45, 7) is 8.02.